The number of hydrogen-bond donors (Lipinski definition) is 1. The van der Waals surface area contributed by atoms with Crippen molar-refractivity contribution in [1.82, 2.24) is 4.98 Å². The van der Waals surface area contributed by atoms with Gasteiger partial charge in [0.1, 0.15) is 17.3 Å². The molecular formula is C17H15FN2O4S2. The maximum atomic E-state index is 13.0. The number of esters is 1. The summed E-state index contributed by atoms with van der Waals surface area (Å²) in [4.78, 5) is 16.5. The lowest BCUT2D eigenvalue weighted by molar-refractivity contribution is 0.0600. The van der Waals surface area contributed by atoms with Crippen LogP contribution >= 0.6 is 11.3 Å². The van der Waals surface area contributed by atoms with E-state index in [9.17, 15) is 17.6 Å². The number of aromatic nitrogens is 1. The Hall–Kier alpha value is -2.52. The molecule has 0 amide bonds. The van der Waals surface area contributed by atoms with Gasteiger partial charge in [0.2, 0.25) is 0 Å². The molecular weight excluding hydrogens is 379 g/mol. The Bertz CT molecular complexity index is 1080. The summed E-state index contributed by atoms with van der Waals surface area (Å²) >= 11 is 1.39. The van der Waals surface area contributed by atoms with Crippen LogP contribution in [0.15, 0.2) is 39.9 Å². The minimum absolute atomic E-state index is 0.0154. The van der Waals surface area contributed by atoms with Crippen molar-refractivity contribution in [1.29, 1.82) is 0 Å². The molecule has 26 heavy (non-hydrogen) atoms. The summed E-state index contributed by atoms with van der Waals surface area (Å²) in [5.41, 5.74) is 1.63. The van der Waals surface area contributed by atoms with Gasteiger partial charge in [-0.25, -0.2) is 17.6 Å². The number of hydrogen-bond acceptors (Lipinski definition) is 7. The van der Waals surface area contributed by atoms with Gasteiger partial charge >= 0.3 is 5.97 Å². The standard InChI is InChI=1S/C17H15FN2O4S2/c1-10-15(17(21)24-2)16(13-7-25-8-14(13)20-10)19-9-26(22,23)12-5-3-11(18)4-6-12/h3-8,19H,9H2,1-2H3. The van der Waals surface area contributed by atoms with Crippen molar-refractivity contribution in [2.24, 2.45) is 0 Å². The van der Waals surface area contributed by atoms with Gasteiger partial charge in [0.25, 0.3) is 0 Å². The summed E-state index contributed by atoms with van der Waals surface area (Å²) in [6.07, 6.45) is 0. The van der Waals surface area contributed by atoms with Crippen LogP contribution in [0.1, 0.15) is 16.1 Å². The number of rotatable bonds is 5. The van der Waals surface area contributed by atoms with E-state index in [0.29, 0.717) is 22.3 Å². The van der Waals surface area contributed by atoms with Crippen LogP contribution in [-0.2, 0) is 14.6 Å². The summed E-state index contributed by atoms with van der Waals surface area (Å²) in [5, 5.41) is 7.06. The number of carbonyl (C=O) groups excluding carboxylic acids is 1. The largest absolute Gasteiger partial charge is 0.465 e. The zero-order valence-electron chi connectivity index (χ0n) is 13.9. The lowest BCUT2D eigenvalue weighted by atomic mass is 10.1. The van der Waals surface area contributed by atoms with Crippen molar-refractivity contribution in [2.45, 2.75) is 11.8 Å². The number of halogens is 1. The van der Waals surface area contributed by atoms with Crippen molar-refractivity contribution >= 4 is 43.7 Å². The molecule has 2 heterocycles. The molecule has 136 valence electrons. The summed E-state index contributed by atoms with van der Waals surface area (Å²) < 4.78 is 42.9. The molecule has 0 spiro atoms. The van der Waals surface area contributed by atoms with E-state index in [0.717, 1.165) is 12.1 Å². The highest BCUT2D eigenvalue weighted by Gasteiger charge is 2.22. The van der Waals surface area contributed by atoms with E-state index in [-0.39, 0.29) is 10.5 Å². The van der Waals surface area contributed by atoms with Gasteiger partial charge in [-0.05, 0) is 31.2 Å². The quantitative estimate of drug-likeness (QED) is 0.527. The number of methoxy groups -OCH3 is 1. The Kier molecular flexibility index (Phi) is 4.92. The van der Waals surface area contributed by atoms with Crippen LogP contribution in [0.2, 0.25) is 0 Å². The van der Waals surface area contributed by atoms with E-state index in [4.69, 9.17) is 4.74 Å². The van der Waals surface area contributed by atoms with Gasteiger partial charge in [-0.1, -0.05) is 0 Å². The minimum Gasteiger partial charge on any atom is -0.465 e. The highest BCUT2D eigenvalue weighted by atomic mass is 32.2. The van der Waals surface area contributed by atoms with Crippen molar-refractivity contribution in [3.63, 3.8) is 0 Å². The summed E-state index contributed by atoms with van der Waals surface area (Å²) in [5.74, 6) is -1.59. The lowest BCUT2D eigenvalue weighted by Gasteiger charge is -2.14. The molecule has 0 radical (unpaired) electrons. The number of sulfone groups is 1. The van der Waals surface area contributed by atoms with E-state index in [1.165, 1.54) is 30.6 Å². The third kappa shape index (κ3) is 3.40. The van der Waals surface area contributed by atoms with Gasteiger partial charge < -0.3 is 10.1 Å². The molecule has 0 fully saturated rings. The molecule has 3 aromatic rings. The third-order valence-corrected chi connectivity index (χ3v) is 6.06. The average molecular weight is 394 g/mol. The number of pyridine rings is 1. The van der Waals surface area contributed by atoms with Crippen LogP contribution in [0.4, 0.5) is 10.1 Å². The van der Waals surface area contributed by atoms with Crippen molar-refractivity contribution < 1.29 is 22.3 Å². The second-order valence-corrected chi connectivity index (χ2v) is 8.23. The first-order valence-corrected chi connectivity index (χ1v) is 10.1. The Morgan fingerprint density at radius 3 is 2.62 bits per heavy atom. The maximum absolute atomic E-state index is 13.0. The third-order valence-electron chi connectivity index (χ3n) is 3.81. The van der Waals surface area contributed by atoms with Gasteiger partial charge in [-0.15, -0.1) is 11.3 Å². The first-order valence-electron chi connectivity index (χ1n) is 7.50. The average Bonchev–Trinajstić information content (AvgIpc) is 3.07. The molecule has 1 N–H and O–H groups in total. The van der Waals surface area contributed by atoms with E-state index in [1.807, 2.05) is 5.38 Å². The fourth-order valence-corrected chi connectivity index (χ4v) is 4.35. The molecule has 2 aromatic heterocycles. The van der Waals surface area contributed by atoms with Crippen LogP contribution in [0.25, 0.3) is 10.9 Å². The zero-order valence-corrected chi connectivity index (χ0v) is 15.6. The van der Waals surface area contributed by atoms with Crippen molar-refractivity contribution in [3.8, 4) is 0 Å². The van der Waals surface area contributed by atoms with Crippen LogP contribution in [-0.4, -0.2) is 32.4 Å². The monoisotopic (exact) mass is 394 g/mol. The Labute approximate surface area is 153 Å². The molecule has 1 aromatic carbocycles. The van der Waals surface area contributed by atoms with E-state index < -0.39 is 27.5 Å². The molecule has 0 saturated carbocycles. The number of nitrogens with one attached hydrogen (secondary N) is 1. The number of fused-ring (bicyclic) bond motifs is 1. The Morgan fingerprint density at radius 2 is 1.96 bits per heavy atom. The molecule has 0 bridgehead atoms. The predicted octanol–water partition coefficient (Wildman–Crippen LogP) is 3.37. The molecule has 0 aliphatic rings. The first kappa shape index (κ1) is 18.3. The molecule has 0 saturated heterocycles. The number of nitrogens with zero attached hydrogens (tertiary/aromatic N) is 1. The molecule has 6 nitrogen and oxygen atoms in total. The number of aryl methyl sites for hydroxylation is 1. The zero-order chi connectivity index (χ0) is 18.9. The molecule has 0 atom stereocenters. The number of thiophene rings is 1. The fourth-order valence-electron chi connectivity index (χ4n) is 2.54. The molecule has 9 heteroatoms. The summed E-state index contributed by atoms with van der Waals surface area (Å²) in [6.45, 7) is 1.66. The van der Waals surface area contributed by atoms with E-state index in [1.54, 1.807) is 12.3 Å². The number of carbonyl (C=O) groups is 1. The van der Waals surface area contributed by atoms with Crippen LogP contribution in [0.5, 0.6) is 0 Å². The first-order chi connectivity index (χ1) is 12.3. The van der Waals surface area contributed by atoms with Crippen molar-refractivity contribution in [2.75, 3.05) is 18.3 Å². The molecule has 0 aliphatic carbocycles. The van der Waals surface area contributed by atoms with Gasteiger partial charge in [-0.2, -0.15) is 0 Å². The maximum Gasteiger partial charge on any atom is 0.341 e. The molecule has 0 unspecified atom stereocenters. The molecule has 0 aliphatic heterocycles. The van der Waals surface area contributed by atoms with Crippen LogP contribution < -0.4 is 5.32 Å². The smallest absolute Gasteiger partial charge is 0.341 e. The summed E-state index contributed by atoms with van der Waals surface area (Å²) in [6, 6.07) is 4.57. The second-order valence-electron chi connectivity index (χ2n) is 5.50. The number of benzene rings is 1. The fraction of sp³-hybridized carbons (Fsp3) is 0.176. The normalized spacial score (nSPS) is 11.5. The Balaban J connectivity index is 2.01. The van der Waals surface area contributed by atoms with E-state index >= 15 is 0 Å². The van der Waals surface area contributed by atoms with Crippen molar-refractivity contribution in [3.05, 3.63) is 52.1 Å². The number of ether oxygens (including phenoxy) is 1. The van der Waals surface area contributed by atoms with Gasteiger partial charge in [0, 0.05) is 16.1 Å². The Morgan fingerprint density at radius 1 is 1.27 bits per heavy atom. The second kappa shape index (κ2) is 7.00. The predicted molar refractivity (Wildman–Crippen MR) is 97.8 cm³/mol. The van der Waals surface area contributed by atoms with E-state index in [2.05, 4.69) is 10.3 Å². The highest BCUT2D eigenvalue weighted by Crippen LogP contribution is 2.32. The highest BCUT2D eigenvalue weighted by molar-refractivity contribution is 7.91. The SMILES string of the molecule is COC(=O)c1c(C)nc2cscc2c1NCS(=O)(=O)c1ccc(F)cc1. The lowest BCUT2D eigenvalue weighted by Crippen LogP contribution is -2.18. The number of anilines is 1. The van der Waals surface area contributed by atoms with Crippen LogP contribution in [0, 0.1) is 12.7 Å². The van der Waals surface area contributed by atoms with Gasteiger partial charge in [-0.3, -0.25) is 4.98 Å². The van der Waals surface area contributed by atoms with Crippen LogP contribution in [0.3, 0.4) is 0 Å². The molecule has 3 rings (SSSR count). The minimum atomic E-state index is -3.74. The topological polar surface area (TPSA) is 85.4 Å². The summed E-state index contributed by atoms with van der Waals surface area (Å²) in [7, 11) is -2.49. The van der Waals surface area contributed by atoms with Gasteiger partial charge in [0.15, 0.2) is 9.84 Å². The van der Waals surface area contributed by atoms with Gasteiger partial charge in [0.05, 0.1) is 28.9 Å².